The van der Waals surface area contributed by atoms with Gasteiger partial charge < -0.3 is 19.8 Å². The minimum Gasteiger partial charge on any atom is -0.493 e. The van der Waals surface area contributed by atoms with Gasteiger partial charge in [-0.2, -0.15) is 0 Å². The van der Waals surface area contributed by atoms with E-state index in [9.17, 15) is 13.2 Å². The molecule has 2 aromatic carbocycles. The molecule has 4 rings (SSSR count). The van der Waals surface area contributed by atoms with Gasteiger partial charge in [-0.1, -0.05) is 18.2 Å². The van der Waals surface area contributed by atoms with E-state index in [4.69, 9.17) is 4.74 Å². The zero-order valence-corrected chi connectivity index (χ0v) is 17.2. The first-order chi connectivity index (χ1) is 14.0. The summed E-state index contributed by atoms with van der Waals surface area (Å²) in [6.07, 6.45) is -1.09. The molecule has 0 aliphatic carbocycles. The summed E-state index contributed by atoms with van der Waals surface area (Å²) >= 11 is 0. The smallest absolute Gasteiger partial charge is 0.493 e. The van der Waals surface area contributed by atoms with Crippen molar-refractivity contribution < 1.29 is 22.6 Å². The van der Waals surface area contributed by atoms with Gasteiger partial charge in [-0.05, 0) is 55.1 Å². The fraction of sp³-hybridized carbons (Fsp3) is 0.364. The zero-order chi connectivity index (χ0) is 20.3. The highest BCUT2D eigenvalue weighted by molar-refractivity contribution is 5.88. The number of hydrogen-bond acceptors (Lipinski definition) is 3. The summed E-state index contributed by atoms with van der Waals surface area (Å²) in [5, 5.41) is 4.74. The Hall–Kier alpha value is -2.38. The Balaban J connectivity index is 0.00000256. The van der Waals surface area contributed by atoms with Gasteiger partial charge in [-0.15, -0.1) is 25.6 Å². The van der Waals surface area contributed by atoms with Crippen LogP contribution in [0.15, 0.2) is 42.5 Å². The number of hydrogen-bond donors (Lipinski definition) is 2. The highest BCUT2D eigenvalue weighted by Gasteiger charge is 2.31. The van der Waals surface area contributed by atoms with Crippen LogP contribution in [0.25, 0.3) is 10.9 Å². The van der Waals surface area contributed by atoms with Crippen molar-refractivity contribution in [2.24, 2.45) is 0 Å². The molecule has 1 aliphatic rings. The third-order valence-corrected chi connectivity index (χ3v) is 5.10. The summed E-state index contributed by atoms with van der Waals surface area (Å²) in [5.74, 6) is 0.0925. The van der Waals surface area contributed by atoms with Gasteiger partial charge in [0.15, 0.2) is 0 Å². The second kappa shape index (κ2) is 9.62. The van der Waals surface area contributed by atoms with Crippen LogP contribution in [0, 0.1) is 0 Å². The van der Waals surface area contributed by atoms with Gasteiger partial charge in [0.1, 0.15) is 11.5 Å². The largest absolute Gasteiger partial charge is 0.573 e. The molecule has 0 spiro atoms. The maximum absolute atomic E-state index is 12.3. The summed E-state index contributed by atoms with van der Waals surface area (Å²) in [7, 11) is 0. The first-order valence-corrected chi connectivity index (χ1v) is 9.80. The van der Waals surface area contributed by atoms with Crippen LogP contribution in [0.4, 0.5) is 13.2 Å². The fourth-order valence-electron chi connectivity index (χ4n) is 3.91. The van der Waals surface area contributed by atoms with Crippen LogP contribution in [0.1, 0.15) is 23.2 Å². The van der Waals surface area contributed by atoms with Crippen molar-refractivity contribution >= 4 is 23.3 Å². The lowest BCUT2D eigenvalue weighted by Gasteiger charge is -2.11. The minimum atomic E-state index is -4.71. The number of rotatable bonds is 6. The molecule has 2 heterocycles. The molecule has 30 heavy (non-hydrogen) atoms. The van der Waals surface area contributed by atoms with Gasteiger partial charge in [-0.3, -0.25) is 0 Å². The van der Waals surface area contributed by atoms with Crippen LogP contribution in [0.5, 0.6) is 11.5 Å². The van der Waals surface area contributed by atoms with Gasteiger partial charge >= 0.3 is 6.36 Å². The monoisotopic (exact) mass is 440 g/mol. The number of benzene rings is 2. The van der Waals surface area contributed by atoms with Crippen LogP contribution in [-0.2, 0) is 19.3 Å². The van der Waals surface area contributed by atoms with Gasteiger partial charge in [-0.25, -0.2) is 0 Å². The number of fused-ring (bicyclic) bond motifs is 3. The van der Waals surface area contributed by atoms with Gasteiger partial charge in [0, 0.05) is 35.6 Å². The molecule has 0 bridgehead atoms. The first-order valence-electron chi connectivity index (χ1n) is 9.80. The first kappa shape index (κ1) is 22.3. The van der Waals surface area contributed by atoms with E-state index in [0.717, 1.165) is 38.8 Å². The van der Waals surface area contributed by atoms with Crippen molar-refractivity contribution in [2.45, 2.75) is 32.0 Å². The van der Waals surface area contributed by atoms with E-state index in [2.05, 4.69) is 33.2 Å². The van der Waals surface area contributed by atoms with E-state index in [0.29, 0.717) is 12.4 Å². The maximum Gasteiger partial charge on any atom is 0.573 e. The lowest BCUT2D eigenvalue weighted by atomic mass is 9.99. The summed E-state index contributed by atoms with van der Waals surface area (Å²) in [4.78, 5) is 3.56. The summed E-state index contributed by atoms with van der Waals surface area (Å²) in [5.41, 5.74) is 5.17. The van der Waals surface area contributed by atoms with Crippen LogP contribution in [-0.4, -0.2) is 31.0 Å². The molecule has 0 amide bonds. The molecular formula is C22H24ClF3N2O2. The van der Waals surface area contributed by atoms with E-state index in [1.54, 1.807) is 6.07 Å². The van der Waals surface area contributed by atoms with Crippen molar-refractivity contribution in [1.29, 1.82) is 0 Å². The van der Waals surface area contributed by atoms with E-state index >= 15 is 0 Å². The Morgan fingerprint density at radius 1 is 0.967 bits per heavy atom. The lowest BCUT2D eigenvalue weighted by Crippen LogP contribution is -2.17. The standard InChI is InChI=1S/C22H23F3N2O2.ClH/c23-22(24,25)29-17-7-2-6-16(14-17)28-13-3-5-15-4-1-8-20-21(15)18-9-11-26-12-10-19(18)27-20;/h1-2,4,6-8,14,26-27H,3,5,9-13H2;1H. The summed E-state index contributed by atoms with van der Waals surface area (Å²) in [6, 6.07) is 11.9. The molecule has 2 N–H and O–H groups in total. The number of nitrogens with one attached hydrogen (secondary N) is 2. The Morgan fingerprint density at radius 3 is 2.57 bits per heavy atom. The third-order valence-electron chi connectivity index (χ3n) is 5.10. The second-order valence-corrected chi connectivity index (χ2v) is 7.15. The number of ether oxygens (including phenoxy) is 2. The van der Waals surface area contributed by atoms with E-state index in [-0.39, 0.29) is 18.2 Å². The van der Waals surface area contributed by atoms with Crippen molar-refractivity contribution in [3.63, 3.8) is 0 Å². The van der Waals surface area contributed by atoms with Crippen molar-refractivity contribution in [1.82, 2.24) is 10.3 Å². The van der Waals surface area contributed by atoms with Gasteiger partial charge in [0.25, 0.3) is 0 Å². The van der Waals surface area contributed by atoms with Crippen LogP contribution in [0.3, 0.4) is 0 Å². The predicted molar refractivity (Wildman–Crippen MR) is 113 cm³/mol. The molecular weight excluding hydrogens is 417 g/mol. The van der Waals surface area contributed by atoms with Crippen LogP contribution >= 0.6 is 12.4 Å². The molecule has 0 unspecified atom stereocenters. The number of aromatic nitrogens is 1. The molecule has 3 aromatic rings. The molecule has 0 atom stereocenters. The number of alkyl halides is 3. The number of aryl methyl sites for hydroxylation is 1. The maximum atomic E-state index is 12.3. The van der Waals surface area contributed by atoms with E-state index in [1.165, 1.54) is 45.9 Å². The zero-order valence-electron chi connectivity index (χ0n) is 16.3. The lowest BCUT2D eigenvalue weighted by molar-refractivity contribution is -0.274. The predicted octanol–water partition coefficient (Wildman–Crippen LogP) is 5.19. The molecule has 0 saturated carbocycles. The Morgan fingerprint density at radius 2 is 1.73 bits per heavy atom. The van der Waals surface area contributed by atoms with Crippen molar-refractivity contribution in [3.8, 4) is 11.5 Å². The SMILES string of the molecule is Cl.FC(F)(F)Oc1cccc(OCCCc2cccc3[nH]c4c(c23)CCNCC4)c1. The number of H-pyrrole nitrogens is 1. The van der Waals surface area contributed by atoms with Crippen LogP contribution < -0.4 is 14.8 Å². The van der Waals surface area contributed by atoms with Gasteiger partial charge in [0.05, 0.1) is 6.61 Å². The minimum absolute atomic E-state index is 0. The fourth-order valence-corrected chi connectivity index (χ4v) is 3.91. The van der Waals surface area contributed by atoms with Crippen molar-refractivity contribution in [3.05, 3.63) is 59.3 Å². The second-order valence-electron chi connectivity index (χ2n) is 7.15. The molecule has 0 fully saturated rings. The number of aromatic amines is 1. The Kier molecular flexibility index (Phi) is 7.15. The molecule has 0 radical (unpaired) electrons. The third kappa shape index (κ3) is 5.40. The van der Waals surface area contributed by atoms with E-state index < -0.39 is 6.36 Å². The summed E-state index contributed by atoms with van der Waals surface area (Å²) < 4.78 is 46.6. The van der Waals surface area contributed by atoms with Crippen molar-refractivity contribution in [2.75, 3.05) is 19.7 Å². The topological polar surface area (TPSA) is 46.3 Å². The molecule has 1 aromatic heterocycles. The molecule has 0 saturated heterocycles. The molecule has 162 valence electrons. The average molecular weight is 441 g/mol. The molecule has 1 aliphatic heterocycles. The average Bonchev–Trinajstić information content (AvgIpc) is 2.86. The highest BCUT2D eigenvalue weighted by atomic mass is 35.5. The normalized spacial score (nSPS) is 14.0. The molecule has 4 nitrogen and oxygen atoms in total. The summed E-state index contributed by atoms with van der Waals surface area (Å²) in [6.45, 7) is 2.38. The highest BCUT2D eigenvalue weighted by Crippen LogP contribution is 2.29. The quantitative estimate of drug-likeness (QED) is 0.519. The molecule has 8 heteroatoms. The van der Waals surface area contributed by atoms with Crippen LogP contribution in [0.2, 0.25) is 0 Å². The number of halogens is 4. The van der Waals surface area contributed by atoms with E-state index in [1.807, 2.05) is 0 Å². The Labute approximate surface area is 179 Å². The Bertz CT molecular complexity index is 988. The van der Waals surface area contributed by atoms with Gasteiger partial charge in [0.2, 0.25) is 0 Å².